The minimum absolute atomic E-state index is 0.148. The highest BCUT2D eigenvalue weighted by atomic mass is 32.2. The van der Waals surface area contributed by atoms with Gasteiger partial charge < -0.3 is 9.64 Å². The number of benzene rings is 2. The van der Waals surface area contributed by atoms with E-state index in [0.717, 1.165) is 18.5 Å². The van der Waals surface area contributed by atoms with E-state index < -0.39 is 16.1 Å². The van der Waals surface area contributed by atoms with E-state index in [-0.39, 0.29) is 23.5 Å². The Bertz CT molecular complexity index is 1000. The number of hydrogen-bond donors (Lipinski definition) is 0. The molecule has 2 aromatic carbocycles. The molecule has 0 unspecified atom stereocenters. The molecule has 2 aromatic rings. The van der Waals surface area contributed by atoms with E-state index in [0.29, 0.717) is 24.6 Å². The second-order valence-electron chi connectivity index (χ2n) is 7.74. The van der Waals surface area contributed by atoms with E-state index in [1.165, 1.54) is 4.31 Å². The average Bonchev–Trinajstić information content (AvgIpc) is 3.42. The van der Waals surface area contributed by atoms with E-state index in [9.17, 15) is 13.2 Å². The summed E-state index contributed by atoms with van der Waals surface area (Å²) in [4.78, 5) is 15.5. The van der Waals surface area contributed by atoms with Crippen LogP contribution >= 0.6 is 0 Å². The van der Waals surface area contributed by atoms with Crippen molar-refractivity contribution in [2.24, 2.45) is 5.92 Å². The Balaban J connectivity index is 1.55. The number of amides is 1. The van der Waals surface area contributed by atoms with Gasteiger partial charge in [-0.15, -0.1) is 0 Å². The molecule has 1 aliphatic carbocycles. The number of rotatable bonds is 4. The van der Waals surface area contributed by atoms with E-state index in [4.69, 9.17) is 4.74 Å². The lowest BCUT2D eigenvalue weighted by molar-refractivity contribution is -0.121. The van der Waals surface area contributed by atoms with Gasteiger partial charge in [-0.25, -0.2) is 8.42 Å². The van der Waals surface area contributed by atoms with Gasteiger partial charge in [-0.1, -0.05) is 30.3 Å². The van der Waals surface area contributed by atoms with Crippen LogP contribution < -0.4 is 9.64 Å². The number of fused-ring (bicyclic) bond motifs is 3. The smallest absolute Gasteiger partial charge is 0.245 e. The summed E-state index contributed by atoms with van der Waals surface area (Å²) in [6.45, 7) is 0.791. The fourth-order valence-electron chi connectivity index (χ4n) is 4.08. The molecule has 2 atom stereocenters. The van der Waals surface area contributed by atoms with Crippen LogP contribution in [0.2, 0.25) is 0 Å². The molecular weight excluding hydrogens is 376 g/mol. The summed E-state index contributed by atoms with van der Waals surface area (Å²) < 4.78 is 34.0. The molecule has 1 amide bonds. The number of ether oxygens (including phenoxy) is 1. The Morgan fingerprint density at radius 1 is 1.00 bits per heavy atom. The fourth-order valence-corrected chi connectivity index (χ4v) is 5.72. The van der Waals surface area contributed by atoms with Crippen LogP contribution in [0.4, 0.5) is 5.69 Å². The average molecular weight is 398 g/mol. The lowest BCUT2D eigenvalue weighted by Crippen LogP contribution is -2.48. The first kappa shape index (κ1) is 17.7. The maximum atomic E-state index is 13.5. The van der Waals surface area contributed by atoms with Crippen molar-refractivity contribution in [3.63, 3.8) is 0 Å². The first-order chi connectivity index (χ1) is 13.5. The minimum atomic E-state index is -3.78. The molecule has 0 N–H and O–H groups in total. The van der Waals surface area contributed by atoms with Gasteiger partial charge in [-0.05, 0) is 43.0 Å². The molecule has 1 saturated carbocycles. The van der Waals surface area contributed by atoms with Crippen molar-refractivity contribution >= 4 is 21.6 Å². The molecule has 7 heteroatoms. The Morgan fingerprint density at radius 3 is 2.46 bits per heavy atom. The number of carbonyl (C=O) groups excluding carboxylic acids is 1. The Labute approximate surface area is 164 Å². The Hall–Kier alpha value is -2.38. The van der Waals surface area contributed by atoms with Gasteiger partial charge in [0.25, 0.3) is 0 Å². The molecule has 6 nitrogen and oxygen atoms in total. The minimum Gasteiger partial charge on any atom is -0.487 e. The molecule has 0 aromatic heterocycles. The van der Waals surface area contributed by atoms with Gasteiger partial charge in [0.1, 0.15) is 17.9 Å². The SMILES string of the molecule is O=C1[C@@H]2C[C@@H](CN2S(=O)(=O)c2ccccc2)Oc2ccccc2N1CC1CC1. The second-order valence-corrected chi connectivity index (χ2v) is 9.63. The van der Waals surface area contributed by atoms with Crippen LogP contribution in [-0.4, -0.2) is 43.9 Å². The van der Waals surface area contributed by atoms with Gasteiger partial charge >= 0.3 is 0 Å². The quantitative estimate of drug-likeness (QED) is 0.794. The van der Waals surface area contributed by atoms with Gasteiger partial charge in [0.2, 0.25) is 15.9 Å². The third kappa shape index (κ3) is 2.99. The predicted molar refractivity (Wildman–Crippen MR) is 105 cm³/mol. The van der Waals surface area contributed by atoms with Crippen molar-refractivity contribution in [2.75, 3.05) is 18.0 Å². The van der Waals surface area contributed by atoms with E-state index >= 15 is 0 Å². The maximum absolute atomic E-state index is 13.5. The summed E-state index contributed by atoms with van der Waals surface area (Å²) in [7, 11) is -3.78. The van der Waals surface area contributed by atoms with Gasteiger partial charge in [0.15, 0.2) is 0 Å². The lowest BCUT2D eigenvalue weighted by atomic mass is 10.1. The lowest BCUT2D eigenvalue weighted by Gasteiger charge is -2.31. The summed E-state index contributed by atoms with van der Waals surface area (Å²) in [5, 5.41) is 0. The molecule has 5 rings (SSSR count). The molecule has 2 heterocycles. The standard InChI is InChI=1S/C21H22N2O4S/c24-21-19-12-16(14-23(19)28(25,26)17-6-2-1-3-7-17)27-20-9-5-4-8-18(20)22(21)13-15-10-11-15/h1-9,15-16,19H,10-14H2/t16-,19-/m0/s1. The van der Waals surface area contributed by atoms with Gasteiger partial charge in [0.05, 0.1) is 17.1 Å². The zero-order chi connectivity index (χ0) is 19.3. The Morgan fingerprint density at radius 2 is 1.71 bits per heavy atom. The number of para-hydroxylation sites is 2. The first-order valence-electron chi connectivity index (χ1n) is 9.68. The molecule has 2 aliphatic heterocycles. The van der Waals surface area contributed by atoms with Crippen LogP contribution in [0.15, 0.2) is 59.5 Å². The Kier molecular flexibility index (Phi) is 4.17. The summed E-state index contributed by atoms with van der Waals surface area (Å²) in [5.41, 5.74) is 0.744. The van der Waals surface area contributed by atoms with Gasteiger partial charge in [0, 0.05) is 13.0 Å². The van der Waals surface area contributed by atoms with E-state index in [1.54, 1.807) is 35.2 Å². The highest BCUT2D eigenvalue weighted by Gasteiger charge is 2.48. The van der Waals surface area contributed by atoms with Crippen LogP contribution in [0.25, 0.3) is 0 Å². The van der Waals surface area contributed by atoms with Crippen LogP contribution in [0.1, 0.15) is 19.3 Å². The predicted octanol–water partition coefficient (Wildman–Crippen LogP) is 2.65. The molecule has 2 fully saturated rings. The number of carbonyl (C=O) groups is 1. The van der Waals surface area contributed by atoms with Crippen molar-refractivity contribution < 1.29 is 17.9 Å². The van der Waals surface area contributed by atoms with Crippen LogP contribution in [0.3, 0.4) is 0 Å². The van der Waals surface area contributed by atoms with E-state index in [1.807, 2.05) is 24.3 Å². The zero-order valence-corrected chi connectivity index (χ0v) is 16.2. The fraction of sp³-hybridized carbons (Fsp3) is 0.381. The van der Waals surface area contributed by atoms with Crippen molar-refractivity contribution in [1.29, 1.82) is 0 Å². The van der Waals surface area contributed by atoms with E-state index in [2.05, 4.69) is 0 Å². The normalized spacial score (nSPS) is 25.0. The molecule has 28 heavy (non-hydrogen) atoms. The van der Waals surface area contributed by atoms with Gasteiger partial charge in [-0.3, -0.25) is 4.79 Å². The molecule has 0 spiro atoms. The summed E-state index contributed by atoms with van der Waals surface area (Å²) in [6.07, 6.45) is 2.25. The first-order valence-corrected chi connectivity index (χ1v) is 11.1. The van der Waals surface area contributed by atoms with Crippen molar-refractivity contribution in [2.45, 2.75) is 36.3 Å². The third-order valence-electron chi connectivity index (χ3n) is 5.71. The number of sulfonamides is 1. The largest absolute Gasteiger partial charge is 0.487 e. The monoisotopic (exact) mass is 398 g/mol. The van der Waals surface area contributed by atoms with Crippen molar-refractivity contribution in [3.8, 4) is 5.75 Å². The van der Waals surface area contributed by atoms with Crippen LogP contribution in [-0.2, 0) is 14.8 Å². The number of hydrogen-bond acceptors (Lipinski definition) is 4. The number of anilines is 1. The second kappa shape index (κ2) is 6.60. The molecular formula is C21H22N2O4S. The number of nitrogens with zero attached hydrogens (tertiary/aromatic N) is 2. The summed E-state index contributed by atoms with van der Waals surface area (Å²) >= 11 is 0. The van der Waals surface area contributed by atoms with Crippen molar-refractivity contribution in [3.05, 3.63) is 54.6 Å². The molecule has 146 valence electrons. The summed E-state index contributed by atoms with van der Waals surface area (Å²) in [6, 6.07) is 15.1. The molecule has 1 saturated heterocycles. The molecule has 3 aliphatic rings. The third-order valence-corrected chi connectivity index (χ3v) is 7.59. The molecule has 2 bridgehead atoms. The topological polar surface area (TPSA) is 66.9 Å². The zero-order valence-electron chi connectivity index (χ0n) is 15.4. The van der Waals surface area contributed by atoms with Crippen molar-refractivity contribution in [1.82, 2.24) is 4.31 Å². The highest BCUT2D eigenvalue weighted by molar-refractivity contribution is 7.89. The van der Waals surface area contributed by atoms with Crippen LogP contribution in [0, 0.1) is 5.92 Å². The van der Waals surface area contributed by atoms with Crippen LogP contribution in [0.5, 0.6) is 5.75 Å². The molecule has 0 radical (unpaired) electrons. The maximum Gasteiger partial charge on any atom is 0.245 e. The highest BCUT2D eigenvalue weighted by Crippen LogP contribution is 2.40. The summed E-state index contributed by atoms with van der Waals surface area (Å²) in [5.74, 6) is 0.983. The van der Waals surface area contributed by atoms with Gasteiger partial charge in [-0.2, -0.15) is 4.31 Å².